The van der Waals surface area contributed by atoms with Gasteiger partial charge in [-0.1, -0.05) is 13.8 Å². The number of hydrogen-bond acceptors (Lipinski definition) is 3. The van der Waals surface area contributed by atoms with E-state index in [1.165, 1.54) is 23.9 Å². The van der Waals surface area contributed by atoms with Gasteiger partial charge in [0, 0.05) is 16.2 Å². The number of halogens is 2. The molecule has 2 N–H and O–H groups in total. The van der Waals surface area contributed by atoms with Gasteiger partial charge in [0.25, 0.3) is 0 Å². The largest absolute Gasteiger partial charge is 0.480 e. The lowest BCUT2D eigenvalue weighted by atomic mass is 9.96. The predicted octanol–water partition coefficient (Wildman–Crippen LogP) is 3.29. The van der Waals surface area contributed by atoms with Crippen LogP contribution in [-0.2, 0) is 4.79 Å². The Hall–Kier alpha value is -1.14. The fraction of sp³-hybridized carbons (Fsp3) is 0.500. The highest BCUT2D eigenvalue weighted by Crippen LogP contribution is 2.31. The third-order valence-electron chi connectivity index (χ3n) is 2.96. The number of benzene rings is 1. The second-order valence-electron chi connectivity index (χ2n) is 4.87. The summed E-state index contributed by atoms with van der Waals surface area (Å²) in [7, 11) is 0. The topological polar surface area (TPSA) is 49.3 Å². The van der Waals surface area contributed by atoms with E-state index >= 15 is 0 Å². The SMILES string of the molecule is CCNC(C)(CC(C)Sc1ccc(F)cc1F)C(=O)O. The van der Waals surface area contributed by atoms with Crippen LogP contribution in [0.3, 0.4) is 0 Å². The van der Waals surface area contributed by atoms with Gasteiger partial charge in [-0.05, 0) is 32.0 Å². The van der Waals surface area contributed by atoms with Gasteiger partial charge in [-0.25, -0.2) is 8.78 Å². The summed E-state index contributed by atoms with van der Waals surface area (Å²) in [5, 5.41) is 12.1. The van der Waals surface area contributed by atoms with Crippen molar-refractivity contribution in [3.8, 4) is 0 Å². The Morgan fingerprint density at radius 3 is 2.65 bits per heavy atom. The van der Waals surface area contributed by atoms with Crippen LogP contribution in [0, 0.1) is 11.6 Å². The fourth-order valence-electron chi connectivity index (χ4n) is 2.03. The van der Waals surface area contributed by atoms with E-state index in [9.17, 15) is 18.7 Å². The molecular formula is C14H19F2NO2S. The molecule has 0 saturated heterocycles. The van der Waals surface area contributed by atoms with Crippen molar-refractivity contribution in [2.24, 2.45) is 0 Å². The number of carboxylic acid groups (broad SMARTS) is 1. The van der Waals surface area contributed by atoms with Crippen molar-refractivity contribution in [3.63, 3.8) is 0 Å². The van der Waals surface area contributed by atoms with Crippen molar-refractivity contribution < 1.29 is 18.7 Å². The Morgan fingerprint density at radius 1 is 1.50 bits per heavy atom. The molecule has 0 aromatic heterocycles. The molecule has 3 nitrogen and oxygen atoms in total. The molecule has 0 aliphatic heterocycles. The highest BCUT2D eigenvalue weighted by molar-refractivity contribution is 8.00. The lowest BCUT2D eigenvalue weighted by molar-refractivity contribution is -0.144. The molecular weight excluding hydrogens is 284 g/mol. The van der Waals surface area contributed by atoms with Gasteiger partial charge >= 0.3 is 5.97 Å². The minimum absolute atomic E-state index is 0.130. The molecule has 1 aromatic rings. The molecule has 0 bridgehead atoms. The zero-order valence-electron chi connectivity index (χ0n) is 11.7. The molecule has 2 atom stereocenters. The number of aliphatic carboxylic acids is 1. The average molecular weight is 303 g/mol. The van der Waals surface area contributed by atoms with E-state index in [1.54, 1.807) is 6.92 Å². The Morgan fingerprint density at radius 2 is 2.15 bits per heavy atom. The summed E-state index contributed by atoms with van der Waals surface area (Å²) in [5.41, 5.74) is -1.06. The van der Waals surface area contributed by atoms with Crippen molar-refractivity contribution in [1.29, 1.82) is 0 Å². The summed E-state index contributed by atoms with van der Waals surface area (Å²) in [5.74, 6) is -2.18. The molecule has 1 aromatic carbocycles. The Labute approximate surface area is 121 Å². The molecule has 0 fully saturated rings. The van der Waals surface area contributed by atoms with Gasteiger partial charge in [-0.15, -0.1) is 11.8 Å². The van der Waals surface area contributed by atoms with E-state index < -0.39 is 23.1 Å². The van der Waals surface area contributed by atoms with Crippen LogP contribution in [0.15, 0.2) is 23.1 Å². The van der Waals surface area contributed by atoms with Crippen molar-refractivity contribution in [1.82, 2.24) is 5.32 Å². The van der Waals surface area contributed by atoms with Crippen LogP contribution in [0.4, 0.5) is 8.78 Å². The Kier molecular flexibility index (Phi) is 5.95. The standard InChI is InChI=1S/C14H19F2NO2S/c1-4-17-14(3,13(18)19)8-9(2)20-12-6-5-10(15)7-11(12)16/h5-7,9,17H,4,8H2,1-3H3,(H,18,19). The third kappa shape index (κ3) is 4.45. The highest BCUT2D eigenvalue weighted by atomic mass is 32.2. The molecule has 112 valence electrons. The maximum atomic E-state index is 13.6. The third-order valence-corrected chi connectivity index (χ3v) is 4.11. The van der Waals surface area contributed by atoms with Gasteiger partial charge < -0.3 is 10.4 Å². The normalized spacial score (nSPS) is 15.7. The molecule has 0 heterocycles. The number of rotatable bonds is 7. The van der Waals surface area contributed by atoms with E-state index in [-0.39, 0.29) is 5.25 Å². The van der Waals surface area contributed by atoms with E-state index in [0.717, 1.165) is 6.07 Å². The fourth-order valence-corrected chi connectivity index (χ4v) is 3.20. The summed E-state index contributed by atoms with van der Waals surface area (Å²) in [6, 6.07) is 3.39. The monoisotopic (exact) mass is 303 g/mol. The van der Waals surface area contributed by atoms with Gasteiger partial charge in [-0.2, -0.15) is 0 Å². The van der Waals surface area contributed by atoms with Gasteiger partial charge in [0.1, 0.15) is 17.2 Å². The maximum Gasteiger partial charge on any atom is 0.323 e. The predicted molar refractivity (Wildman–Crippen MR) is 76.0 cm³/mol. The number of nitrogens with one attached hydrogen (secondary N) is 1. The summed E-state index contributed by atoms with van der Waals surface area (Å²) >= 11 is 1.20. The van der Waals surface area contributed by atoms with Crippen molar-refractivity contribution in [2.45, 2.75) is 42.9 Å². The summed E-state index contributed by atoms with van der Waals surface area (Å²) < 4.78 is 26.4. The summed E-state index contributed by atoms with van der Waals surface area (Å²) in [4.78, 5) is 11.6. The number of carbonyl (C=O) groups is 1. The lowest BCUT2D eigenvalue weighted by Crippen LogP contribution is -2.50. The van der Waals surface area contributed by atoms with Crippen LogP contribution in [0.2, 0.25) is 0 Å². The number of hydrogen-bond donors (Lipinski definition) is 2. The average Bonchev–Trinajstić information content (AvgIpc) is 2.32. The molecule has 1 rings (SSSR count). The van der Waals surface area contributed by atoms with Crippen LogP contribution in [-0.4, -0.2) is 28.4 Å². The first-order valence-electron chi connectivity index (χ1n) is 6.38. The smallest absolute Gasteiger partial charge is 0.323 e. The second-order valence-corrected chi connectivity index (χ2v) is 6.36. The van der Waals surface area contributed by atoms with Gasteiger partial charge in [-0.3, -0.25) is 4.79 Å². The van der Waals surface area contributed by atoms with E-state index in [1.807, 2.05) is 13.8 Å². The molecule has 0 aliphatic carbocycles. The molecule has 0 aliphatic rings. The van der Waals surface area contributed by atoms with Crippen LogP contribution in [0.5, 0.6) is 0 Å². The quantitative estimate of drug-likeness (QED) is 0.759. The van der Waals surface area contributed by atoms with Crippen LogP contribution in [0.25, 0.3) is 0 Å². The van der Waals surface area contributed by atoms with Gasteiger partial charge in [0.15, 0.2) is 0 Å². The minimum Gasteiger partial charge on any atom is -0.480 e. The highest BCUT2D eigenvalue weighted by Gasteiger charge is 2.34. The summed E-state index contributed by atoms with van der Waals surface area (Å²) in [6.45, 7) is 5.80. The molecule has 20 heavy (non-hydrogen) atoms. The first kappa shape index (κ1) is 16.9. The number of carboxylic acids is 1. The van der Waals surface area contributed by atoms with Crippen LogP contribution < -0.4 is 5.32 Å². The number of likely N-dealkylation sites (N-methyl/N-ethyl adjacent to an activating group) is 1. The Bertz CT molecular complexity index is 484. The van der Waals surface area contributed by atoms with E-state index in [4.69, 9.17) is 0 Å². The summed E-state index contributed by atoms with van der Waals surface area (Å²) in [6.07, 6.45) is 0.331. The molecule has 0 radical (unpaired) electrons. The minimum atomic E-state index is -1.06. The van der Waals surface area contributed by atoms with Crippen molar-refractivity contribution >= 4 is 17.7 Å². The Balaban J connectivity index is 2.75. The zero-order valence-corrected chi connectivity index (χ0v) is 12.6. The molecule has 0 saturated carbocycles. The van der Waals surface area contributed by atoms with Crippen LogP contribution >= 0.6 is 11.8 Å². The molecule has 2 unspecified atom stereocenters. The zero-order chi connectivity index (χ0) is 15.3. The van der Waals surface area contributed by atoms with Crippen molar-refractivity contribution in [3.05, 3.63) is 29.8 Å². The van der Waals surface area contributed by atoms with Gasteiger partial charge in [0.2, 0.25) is 0 Å². The van der Waals surface area contributed by atoms with E-state index in [2.05, 4.69) is 5.32 Å². The first-order valence-corrected chi connectivity index (χ1v) is 7.26. The maximum absolute atomic E-state index is 13.6. The van der Waals surface area contributed by atoms with Crippen molar-refractivity contribution in [2.75, 3.05) is 6.54 Å². The first-order chi connectivity index (χ1) is 9.28. The molecule has 0 spiro atoms. The number of thioether (sulfide) groups is 1. The lowest BCUT2D eigenvalue weighted by Gasteiger charge is -2.28. The van der Waals surface area contributed by atoms with E-state index in [0.29, 0.717) is 17.9 Å². The van der Waals surface area contributed by atoms with Gasteiger partial charge in [0.05, 0.1) is 0 Å². The molecule has 6 heteroatoms. The molecule has 0 amide bonds. The second kappa shape index (κ2) is 7.04. The van der Waals surface area contributed by atoms with Crippen LogP contribution in [0.1, 0.15) is 27.2 Å².